The van der Waals surface area contributed by atoms with Gasteiger partial charge in [-0.2, -0.15) is 4.99 Å². The van der Waals surface area contributed by atoms with Crippen LogP contribution < -0.4 is 10.5 Å². The van der Waals surface area contributed by atoms with Crippen molar-refractivity contribution in [1.82, 2.24) is 4.90 Å². The number of aliphatic imine (C=N–C) groups is 2. The number of alkyl halides is 1. The van der Waals surface area contributed by atoms with Gasteiger partial charge in [0.25, 0.3) is 0 Å². The molecule has 0 fully saturated rings. The Kier molecular flexibility index (Phi) is 12.3. The molecule has 10 heteroatoms. The minimum atomic E-state index is -0.571. The van der Waals surface area contributed by atoms with E-state index in [1.54, 1.807) is 31.2 Å². The first kappa shape index (κ1) is 28.4. The topological polar surface area (TPSA) is 99.1 Å². The van der Waals surface area contributed by atoms with Crippen molar-refractivity contribution in [2.45, 2.75) is 31.3 Å². The Morgan fingerprint density at radius 2 is 1.97 bits per heavy atom. The SMILES string of the molecule is C/C(N)=C\C(=NC(=NC=N)c1ccc(NSc2cc(Cl)ccc2CF)cc1)OCCCCN(C)C. The van der Waals surface area contributed by atoms with Gasteiger partial charge in [0.15, 0.2) is 5.84 Å². The van der Waals surface area contributed by atoms with Gasteiger partial charge in [0.05, 0.1) is 6.61 Å². The summed E-state index contributed by atoms with van der Waals surface area (Å²) in [6.45, 7) is 2.66. The monoisotopic (exact) mass is 518 g/mol. The molecule has 2 aromatic rings. The lowest BCUT2D eigenvalue weighted by atomic mass is 10.2. The van der Waals surface area contributed by atoms with Crippen molar-refractivity contribution in [2.24, 2.45) is 15.7 Å². The Balaban J connectivity index is 2.12. The van der Waals surface area contributed by atoms with Gasteiger partial charge in [-0.05, 0) is 94.3 Å². The van der Waals surface area contributed by atoms with Gasteiger partial charge in [0, 0.05) is 32.9 Å². The van der Waals surface area contributed by atoms with Gasteiger partial charge in [-0.3, -0.25) is 5.41 Å². The van der Waals surface area contributed by atoms with Crippen LogP contribution >= 0.6 is 23.5 Å². The van der Waals surface area contributed by atoms with Crippen LogP contribution in [-0.4, -0.2) is 50.2 Å². The van der Waals surface area contributed by atoms with E-state index in [0.29, 0.717) is 40.2 Å². The van der Waals surface area contributed by atoms with E-state index in [1.807, 2.05) is 38.4 Å². The summed E-state index contributed by atoms with van der Waals surface area (Å²) >= 11 is 7.32. The fraction of sp³-hybridized carbons (Fsp3) is 0.320. The first-order chi connectivity index (χ1) is 16.8. The molecule has 0 aromatic heterocycles. The number of allylic oxidation sites excluding steroid dienone is 1. The molecule has 2 aromatic carbocycles. The molecule has 0 spiro atoms. The maximum absolute atomic E-state index is 13.2. The molecular weight excluding hydrogens is 487 g/mol. The smallest absolute Gasteiger partial charge is 0.217 e. The first-order valence-electron chi connectivity index (χ1n) is 11.1. The number of hydrogen-bond acceptors (Lipinski definition) is 6. The van der Waals surface area contributed by atoms with E-state index >= 15 is 0 Å². The van der Waals surface area contributed by atoms with Gasteiger partial charge in [-0.1, -0.05) is 17.7 Å². The van der Waals surface area contributed by atoms with E-state index < -0.39 is 6.67 Å². The van der Waals surface area contributed by atoms with E-state index in [4.69, 9.17) is 27.5 Å². The summed E-state index contributed by atoms with van der Waals surface area (Å²) in [5.74, 6) is 0.669. The third kappa shape index (κ3) is 10.5. The highest BCUT2D eigenvalue weighted by molar-refractivity contribution is 8.00. The molecule has 0 bridgehead atoms. The van der Waals surface area contributed by atoms with Crippen molar-refractivity contribution in [3.63, 3.8) is 0 Å². The lowest BCUT2D eigenvalue weighted by molar-refractivity contribution is 0.284. The van der Waals surface area contributed by atoms with Crippen LogP contribution in [0.5, 0.6) is 0 Å². The summed E-state index contributed by atoms with van der Waals surface area (Å²) in [6.07, 6.45) is 4.46. The predicted octanol–water partition coefficient (Wildman–Crippen LogP) is 5.90. The van der Waals surface area contributed by atoms with Gasteiger partial charge in [0.1, 0.15) is 13.0 Å². The Morgan fingerprint density at radius 3 is 2.60 bits per heavy atom. The molecule has 0 saturated carbocycles. The zero-order chi connectivity index (χ0) is 25.6. The summed E-state index contributed by atoms with van der Waals surface area (Å²) < 4.78 is 22.3. The quantitative estimate of drug-likeness (QED) is 0.140. The largest absolute Gasteiger partial charge is 0.478 e. The summed E-state index contributed by atoms with van der Waals surface area (Å²) in [4.78, 5) is 11.4. The summed E-state index contributed by atoms with van der Waals surface area (Å²) in [5, 5.41) is 7.98. The maximum atomic E-state index is 13.2. The third-order valence-corrected chi connectivity index (χ3v) is 5.77. The highest BCUT2D eigenvalue weighted by Crippen LogP contribution is 2.28. The molecule has 2 rings (SSSR count). The van der Waals surface area contributed by atoms with Crippen LogP contribution in [-0.2, 0) is 11.4 Å². The molecule has 0 heterocycles. The molecule has 0 atom stereocenters. The number of amidine groups is 1. The second-order valence-electron chi connectivity index (χ2n) is 7.95. The van der Waals surface area contributed by atoms with E-state index in [0.717, 1.165) is 36.3 Å². The zero-order valence-electron chi connectivity index (χ0n) is 20.2. The second-order valence-corrected chi connectivity index (χ2v) is 9.23. The van der Waals surface area contributed by atoms with Crippen LogP contribution in [0.3, 0.4) is 0 Å². The second kappa shape index (κ2) is 15.2. The molecule has 35 heavy (non-hydrogen) atoms. The number of nitrogens with one attached hydrogen (secondary N) is 2. The normalized spacial score (nSPS) is 12.7. The fourth-order valence-electron chi connectivity index (χ4n) is 2.88. The molecular formula is C25H32ClFN6OS. The molecule has 0 aliphatic carbocycles. The number of anilines is 1. The Hall–Kier alpha value is -2.88. The summed E-state index contributed by atoms with van der Waals surface area (Å²) in [6, 6.07) is 12.4. The highest BCUT2D eigenvalue weighted by atomic mass is 35.5. The molecule has 0 amide bonds. The standard InChI is InChI=1S/C25H32ClFN6OS/c1-18(29)14-24(34-13-5-4-12-33(2)3)31-25(30-17-28)19-7-10-22(11-8-19)32-35-23-15-21(26)9-6-20(23)16-27/h6-11,14-15,17,28,32H,4-5,12-13,16,29H2,1-3H3/b18-14+,28-17?,30-25?,31-24?. The molecule has 0 unspecified atom stereocenters. The molecule has 0 saturated heterocycles. The van der Waals surface area contributed by atoms with Gasteiger partial charge in [-0.25, -0.2) is 9.38 Å². The van der Waals surface area contributed by atoms with Crippen LogP contribution in [0, 0.1) is 5.41 Å². The molecule has 188 valence electrons. The number of ether oxygens (including phenoxy) is 1. The van der Waals surface area contributed by atoms with Crippen molar-refractivity contribution >= 4 is 47.3 Å². The number of benzene rings is 2. The van der Waals surface area contributed by atoms with Crippen LogP contribution in [0.25, 0.3) is 0 Å². The summed E-state index contributed by atoms with van der Waals surface area (Å²) in [7, 11) is 4.07. The molecule has 4 N–H and O–H groups in total. The van der Waals surface area contributed by atoms with Crippen LogP contribution in [0.4, 0.5) is 10.1 Å². The van der Waals surface area contributed by atoms with Crippen molar-refractivity contribution in [3.05, 3.63) is 70.4 Å². The third-order valence-electron chi connectivity index (χ3n) is 4.60. The lowest BCUT2D eigenvalue weighted by Gasteiger charge is -2.11. The summed E-state index contributed by atoms with van der Waals surface area (Å²) in [5.41, 5.74) is 8.47. The highest BCUT2D eigenvalue weighted by Gasteiger charge is 2.08. The fourth-order valence-corrected chi connectivity index (χ4v) is 3.92. The number of halogens is 2. The average molecular weight is 519 g/mol. The van der Waals surface area contributed by atoms with E-state index in [2.05, 4.69) is 19.6 Å². The predicted molar refractivity (Wildman–Crippen MR) is 147 cm³/mol. The van der Waals surface area contributed by atoms with Crippen molar-refractivity contribution in [2.75, 3.05) is 32.0 Å². The van der Waals surface area contributed by atoms with Crippen molar-refractivity contribution in [3.8, 4) is 0 Å². The number of rotatable bonds is 12. The molecule has 0 aliphatic heterocycles. The van der Waals surface area contributed by atoms with Gasteiger partial charge >= 0.3 is 0 Å². The average Bonchev–Trinajstić information content (AvgIpc) is 2.82. The number of nitrogens with zero attached hydrogens (tertiary/aromatic N) is 3. The van der Waals surface area contributed by atoms with Gasteiger partial charge < -0.3 is 20.1 Å². The Bertz CT molecular complexity index is 1050. The zero-order valence-corrected chi connectivity index (χ0v) is 21.8. The van der Waals surface area contributed by atoms with E-state index in [1.165, 1.54) is 11.9 Å². The van der Waals surface area contributed by atoms with Crippen LogP contribution in [0.1, 0.15) is 30.9 Å². The Morgan fingerprint density at radius 1 is 1.23 bits per heavy atom. The van der Waals surface area contributed by atoms with Gasteiger partial charge in [-0.15, -0.1) is 0 Å². The molecule has 7 nitrogen and oxygen atoms in total. The molecule has 0 radical (unpaired) electrons. The molecule has 0 aliphatic rings. The first-order valence-corrected chi connectivity index (χ1v) is 12.3. The van der Waals surface area contributed by atoms with Crippen molar-refractivity contribution in [1.29, 1.82) is 5.41 Å². The number of unbranched alkanes of at least 4 members (excludes halogenated alkanes) is 1. The maximum Gasteiger partial charge on any atom is 0.217 e. The lowest BCUT2D eigenvalue weighted by Crippen LogP contribution is -2.14. The minimum Gasteiger partial charge on any atom is -0.478 e. The number of nitrogens with two attached hydrogens (primary N) is 1. The minimum absolute atomic E-state index is 0.328. The Labute approximate surface area is 216 Å². The van der Waals surface area contributed by atoms with E-state index in [-0.39, 0.29) is 0 Å². The number of hydrogen-bond donors (Lipinski definition) is 3. The van der Waals surface area contributed by atoms with Crippen molar-refractivity contribution < 1.29 is 9.13 Å². The van der Waals surface area contributed by atoms with Gasteiger partial charge in [0.2, 0.25) is 5.90 Å². The van der Waals surface area contributed by atoms with E-state index in [9.17, 15) is 4.39 Å². The van der Waals surface area contributed by atoms with Crippen LogP contribution in [0.15, 0.2) is 69.1 Å². The van der Waals surface area contributed by atoms with Crippen LogP contribution in [0.2, 0.25) is 5.02 Å².